The summed E-state index contributed by atoms with van der Waals surface area (Å²) in [6.45, 7) is 0.309. The highest BCUT2D eigenvalue weighted by atomic mass is 16.5. The summed E-state index contributed by atoms with van der Waals surface area (Å²) in [5, 5.41) is 2.82. The van der Waals surface area contributed by atoms with Crippen LogP contribution in [0.5, 0.6) is 5.75 Å². The number of anilines is 2. The molecule has 98 valence electrons. The van der Waals surface area contributed by atoms with Gasteiger partial charge >= 0.3 is 0 Å². The number of rotatable bonds is 3. The molecule has 5 nitrogen and oxygen atoms in total. The Hall–Kier alpha value is -2.43. The molecule has 1 aromatic carbocycles. The lowest BCUT2D eigenvalue weighted by molar-refractivity contribution is -0.116. The molecule has 3 rings (SSSR count). The van der Waals surface area contributed by atoms with Gasteiger partial charge in [-0.1, -0.05) is 0 Å². The van der Waals surface area contributed by atoms with E-state index in [4.69, 9.17) is 14.9 Å². The van der Waals surface area contributed by atoms with Crippen LogP contribution >= 0.6 is 0 Å². The van der Waals surface area contributed by atoms with Crippen molar-refractivity contribution in [3.8, 4) is 5.75 Å². The lowest BCUT2D eigenvalue weighted by Gasteiger charge is -2.19. The zero-order valence-electron chi connectivity index (χ0n) is 10.3. The highest BCUT2D eigenvalue weighted by Crippen LogP contribution is 2.33. The molecule has 0 saturated carbocycles. The van der Waals surface area contributed by atoms with E-state index in [1.54, 1.807) is 18.4 Å². The number of fused-ring (bicyclic) bond motifs is 1. The standard InChI is InChI=1S/C14H14N2O3/c15-11-6-9-3-4-14(17)16-12(9)7-13(11)19-8-10-2-1-5-18-10/h1-2,5-7H,3-4,8,15H2,(H,16,17). The first-order chi connectivity index (χ1) is 9.22. The van der Waals surface area contributed by atoms with Crippen LogP contribution in [0.4, 0.5) is 11.4 Å². The molecular formula is C14H14N2O3. The number of nitrogens with one attached hydrogen (secondary N) is 1. The molecule has 1 aliphatic heterocycles. The molecule has 3 N–H and O–H groups in total. The third kappa shape index (κ3) is 2.40. The number of benzene rings is 1. The Morgan fingerprint density at radius 2 is 2.26 bits per heavy atom. The molecule has 0 fully saturated rings. The van der Waals surface area contributed by atoms with Gasteiger partial charge in [0.15, 0.2) is 0 Å². The van der Waals surface area contributed by atoms with Gasteiger partial charge in [0.25, 0.3) is 0 Å². The van der Waals surface area contributed by atoms with E-state index in [1.165, 1.54) is 0 Å². The second-order valence-electron chi connectivity index (χ2n) is 4.46. The van der Waals surface area contributed by atoms with Gasteiger partial charge in [0.1, 0.15) is 18.1 Å². The number of carbonyl (C=O) groups is 1. The Kier molecular flexibility index (Phi) is 2.87. The zero-order valence-corrected chi connectivity index (χ0v) is 10.3. The van der Waals surface area contributed by atoms with Gasteiger partial charge in [0.2, 0.25) is 5.91 Å². The summed E-state index contributed by atoms with van der Waals surface area (Å²) in [5.74, 6) is 1.30. The van der Waals surface area contributed by atoms with Crippen LogP contribution in [0.25, 0.3) is 0 Å². The number of furan rings is 1. The summed E-state index contributed by atoms with van der Waals surface area (Å²) >= 11 is 0. The van der Waals surface area contributed by atoms with E-state index in [0.717, 1.165) is 17.0 Å². The fourth-order valence-corrected chi connectivity index (χ4v) is 2.10. The molecule has 19 heavy (non-hydrogen) atoms. The molecule has 0 aliphatic carbocycles. The average molecular weight is 258 g/mol. The highest BCUT2D eigenvalue weighted by Gasteiger charge is 2.17. The Labute approximate surface area is 110 Å². The highest BCUT2D eigenvalue weighted by molar-refractivity contribution is 5.94. The van der Waals surface area contributed by atoms with E-state index >= 15 is 0 Å². The van der Waals surface area contributed by atoms with Crippen molar-refractivity contribution in [2.75, 3.05) is 11.1 Å². The number of amides is 1. The molecule has 0 radical (unpaired) electrons. The molecule has 5 heteroatoms. The Morgan fingerprint density at radius 1 is 1.37 bits per heavy atom. The first-order valence-electron chi connectivity index (χ1n) is 6.10. The molecule has 0 atom stereocenters. The molecule has 2 heterocycles. The predicted octanol–water partition coefficient (Wildman–Crippen LogP) is 2.33. The van der Waals surface area contributed by atoms with Gasteiger partial charge in [0.05, 0.1) is 12.0 Å². The average Bonchev–Trinajstić information content (AvgIpc) is 2.90. The molecule has 0 spiro atoms. The molecule has 1 aromatic heterocycles. The lowest BCUT2D eigenvalue weighted by Crippen LogP contribution is -2.19. The van der Waals surface area contributed by atoms with E-state index in [1.807, 2.05) is 12.1 Å². The van der Waals surface area contributed by atoms with E-state index in [2.05, 4.69) is 5.32 Å². The molecule has 0 saturated heterocycles. The third-order valence-electron chi connectivity index (χ3n) is 3.08. The topological polar surface area (TPSA) is 77.5 Å². The third-order valence-corrected chi connectivity index (χ3v) is 3.08. The van der Waals surface area contributed by atoms with Crippen molar-refractivity contribution in [2.45, 2.75) is 19.4 Å². The second kappa shape index (κ2) is 4.68. The number of hydrogen-bond donors (Lipinski definition) is 2. The molecule has 1 amide bonds. The van der Waals surface area contributed by atoms with Gasteiger partial charge in [0, 0.05) is 18.2 Å². The van der Waals surface area contributed by atoms with E-state index < -0.39 is 0 Å². The molecular weight excluding hydrogens is 244 g/mol. The minimum atomic E-state index is 0.0225. The SMILES string of the molecule is Nc1cc2c(cc1OCc1ccco1)NC(=O)CC2. The van der Waals surface area contributed by atoms with E-state index in [0.29, 0.717) is 30.9 Å². The van der Waals surface area contributed by atoms with Crippen molar-refractivity contribution in [2.24, 2.45) is 0 Å². The monoisotopic (exact) mass is 258 g/mol. The van der Waals surface area contributed by atoms with Gasteiger partial charge in [-0.05, 0) is 30.2 Å². The summed E-state index contributed by atoms with van der Waals surface area (Å²) in [5.41, 5.74) is 8.34. The van der Waals surface area contributed by atoms with Crippen LogP contribution in [0.1, 0.15) is 17.7 Å². The van der Waals surface area contributed by atoms with Crippen molar-refractivity contribution in [3.05, 3.63) is 41.9 Å². The maximum Gasteiger partial charge on any atom is 0.224 e. The van der Waals surface area contributed by atoms with Crippen molar-refractivity contribution < 1.29 is 13.9 Å². The summed E-state index contributed by atoms with van der Waals surface area (Å²) in [6.07, 6.45) is 2.80. The number of nitrogen functional groups attached to an aromatic ring is 1. The van der Waals surface area contributed by atoms with Crippen molar-refractivity contribution in [1.29, 1.82) is 0 Å². The summed E-state index contributed by atoms with van der Waals surface area (Å²) < 4.78 is 10.8. The number of carbonyl (C=O) groups excluding carboxylic acids is 1. The fraction of sp³-hybridized carbons (Fsp3) is 0.214. The summed E-state index contributed by atoms with van der Waals surface area (Å²) in [4.78, 5) is 11.4. The van der Waals surface area contributed by atoms with E-state index in [9.17, 15) is 4.79 Å². The van der Waals surface area contributed by atoms with Gasteiger partial charge < -0.3 is 20.2 Å². The molecule has 0 unspecified atom stereocenters. The van der Waals surface area contributed by atoms with E-state index in [-0.39, 0.29) is 5.91 Å². The van der Waals surface area contributed by atoms with Crippen LogP contribution in [0.15, 0.2) is 34.9 Å². The summed E-state index contributed by atoms with van der Waals surface area (Å²) in [6, 6.07) is 7.25. The number of aryl methyl sites for hydroxylation is 1. The number of hydrogen-bond acceptors (Lipinski definition) is 4. The van der Waals surface area contributed by atoms with Crippen molar-refractivity contribution in [3.63, 3.8) is 0 Å². The first-order valence-corrected chi connectivity index (χ1v) is 6.10. The van der Waals surface area contributed by atoms with Crippen LogP contribution in [0.2, 0.25) is 0 Å². The van der Waals surface area contributed by atoms with Gasteiger partial charge in [-0.25, -0.2) is 0 Å². The second-order valence-corrected chi connectivity index (χ2v) is 4.46. The summed E-state index contributed by atoms with van der Waals surface area (Å²) in [7, 11) is 0. The minimum absolute atomic E-state index is 0.0225. The van der Waals surface area contributed by atoms with Crippen molar-refractivity contribution >= 4 is 17.3 Å². The number of nitrogens with two attached hydrogens (primary N) is 1. The van der Waals surface area contributed by atoms with Crippen LogP contribution in [0.3, 0.4) is 0 Å². The Bertz CT molecular complexity index is 605. The van der Waals surface area contributed by atoms with Gasteiger partial charge in [-0.2, -0.15) is 0 Å². The molecule has 2 aromatic rings. The minimum Gasteiger partial charge on any atom is -0.483 e. The van der Waals surface area contributed by atoms with Gasteiger partial charge in [-0.15, -0.1) is 0 Å². The van der Waals surface area contributed by atoms with Crippen LogP contribution in [-0.4, -0.2) is 5.91 Å². The number of ether oxygens (including phenoxy) is 1. The van der Waals surface area contributed by atoms with Crippen molar-refractivity contribution in [1.82, 2.24) is 0 Å². The first kappa shape index (κ1) is 11.6. The van der Waals surface area contributed by atoms with Crippen LogP contribution in [0, 0.1) is 0 Å². The predicted molar refractivity (Wildman–Crippen MR) is 70.8 cm³/mol. The van der Waals surface area contributed by atoms with Crippen LogP contribution in [-0.2, 0) is 17.8 Å². The normalized spacial score (nSPS) is 13.8. The Balaban J connectivity index is 1.81. The maximum atomic E-state index is 11.4. The maximum absolute atomic E-state index is 11.4. The zero-order chi connectivity index (χ0) is 13.2. The van der Waals surface area contributed by atoms with Crippen LogP contribution < -0.4 is 15.8 Å². The fourth-order valence-electron chi connectivity index (χ4n) is 2.10. The largest absolute Gasteiger partial charge is 0.483 e. The lowest BCUT2D eigenvalue weighted by atomic mass is 10.0. The Morgan fingerprint density at radius 3 is 3.05 bits per heavy atom. The van der Waals surface area contributed by atoms with Gasteiger partial charge in [-0.3, -0.25) is 4.79 Å². The quantitative estimate of drug-likeness (QED) is 0.828. The smallest absolute Gasteiger partial charge is 0.224 e. The molecule has 0 bridgehead atoms. The molecule has 1 aliphatic rings.